The van der Waals surface area contributed by atoms with E-state index in [0.717, 1.165) is 6.07 Å². The first-order valence-electron chi connectivity index (χ1n) is 6.18. The molecule has 0 unspecified atom stereocenters. The summed E-state index contributed by atoms with van der Waals surface area (Å²) in [5.74, 6) is -1.10. The van der Waals surface area contributed by atoms with Gasteiger partial charge in [0.15, 0.2) is 0 Å². The van der Waals surface area contributed by atoms with Crippen LogP contribution in [-0.4, -0.2) is 11.7 Å². The zero-order valence-corrected chi connectivity index (χ0v) is 11.4. The molecule has 0 aliphatic heterocycles. The summed E-state index contributed by atoms with van der Waals surface area (Å²) in [7, 11) is 0. The Kier molecular flexibility index (Phi) is 4.93. The fourth-order valence-electron chi connectivity index (χ4n) is 1.91. The van der Waals surface area contributed by atoms with E-state index in [4.69, 9.17) is 11.6 Å². The molecule has 0 aromatic heterocycles. The van der Waals surface area contributed by atoms with Crippen LogP contribution in [0.15, 0.2) is 36.4 Å². The van der Waals surface area contributed by atoms with Gasteiger partial charge in [-0.1, -0.05) is 23.7 Å². The van der Waals surface area contributed by atoms with E-state index in [1.54, 1.807) is 18.2 Å². The van der Waals surface area contributed by atoms with Gasteiger partial charge in [-0.3, -0.25) is 0 Å². The second-order valence-corrected chi connectivity index (χ2v) is 4.86. The Morgan fingerprint density at radius 1 is 1.10 bits per heavy atom. The Hall–Kier alpha value is -1.65. The summed E-state index contributed by atoms with van der Waals surface area (Å²) >= 11 is 5.80. The minimum Gasteiger partial charge on any atom is -0.506 e. The van der Waals surface area contributed by atoms with Crippen molar-refractivity contribution in [1.29, 1.82) is 0 Å². The van der Waals surface area contributed by atoms with E-state index in [-0.39, 0.29) is 5.75 Å². The van der Waals surface area contributed by atoms with Gasteiger partial charge in [0.1, 0.15) is 17.4 Å². The lowest BCUT2D eigenvalue weighted by Crippen LogP contribution is -2.17. The van der Waals surface area contributed by atoms with Gasteiger partial charge >= 0.3 is 0 Å². The number of phenolic OH excluding ortho intramolecular Hbond substituents is 1. The Balaban J connectivity index is 1.86. The number of hydrogen-bond donors (Lipinski definition) is 2. The predicted octanol–water partition coefficient (Wildman–Crippen LogP) is 3.66. The summed E-state index contributed by atoms with van der Waals surface area (Å²) in [4.78, 5) is 0. The molecular weight excluding hydrogens is 284 g/mol. The van der Waals surface area contributed by atoms with Crippen LogP contribution in [0, 0.1) is 11.6 Å². The van der Waals surface area contributed by atoms with E-state index in [9.17, 15) is 13.9 Å². The fraction of sp³-hybridized carbons (Fsp3) is 0.200. The lowest BCUT2D eigenvalue weighted by molar-refractivity contribution is 0.465. The molecule has 0 heterocycles. The lowest BCUT2D eigenvalue weighted by atomic mass is 10.1. The first-order chi connectivity index (χ1) is 9.56. The zero-order chi connectivity index (χ0) is 14.5. The van der Waals surface area contributed by atoms with Crippen LogP contribution in [0.25, 0.3) is 0 Å². The molecule has 2 aromatic rings. The molecule has 0 amide bonds. The van der Waals surface area contributed by atoms with Crippen LogP contribution in [0.3, 0.4) is 0 Å². The molecule has 0 aliphatic carbocycles. The highest BCUT2D eigenvalue weighted by atomic mass is 35.5. The second-order valence-electron chi connectivity index (χ2n) is 4.45. The van der Waals surface area contributed by atoms with Crippen LogP contribution in [0.1, 0.15) is 11.1 Å². The van der Waals surface area contributed by atoms with Crippen molar-refractivity contribution >= 4 is 11.6 Å². The normalized spacial score (nSPS) is 10.8. The van der Waals surface area contributed by atoms with Crippen LogP contribution in [0.4, 0.5) is 8.78 Å². The summed E-state index contributed by atoms with van der Waals surface area (Å²) in [5, 5.41) is 13.1. The second kappa shape index (κ2) is 6.68. The third-order valence-corrected chi connectivity index (χ3v) is 3.20. The monoisotopic (exact) mass is 297 g/mol. The Morgan fingerprint density at radius 2 is 1.80 bits per heavy atom. The zero-order valence-electron chi connectivity index (χ0n) is 10.7. The molecule has 0 fully saturated rings. The van der Waals surface area contributed by atoms with Gasteiger partial charge in [0.05, 0.1) is 5.02 Å². The quantitative estimate of drug-likeness (QED) is 0.826. The molecule has 0 saturated heterocycles. The molecule has 0 saturated carbocycles. The van der Waals surface area contributed by atoms with Gasteiger partial charge in [0.2, 0.25) is 0 Å². The van der Waals surface area contributed by atoms with Gasteiger partial charge in [0.25, 0.3) is 0 Å². The Labute approximate surface area is 121 Å². The highest BCUT2D eigenvalue weighted by molar-refractivity contribution is 6.32. The van der Waals surface area contributed by atoms with Crippen LogP contribution in [0.5, 0.6) is 5.75 Å². The molecule has 2 nitrogen and oxygen atoms in total. The molecule has 0 bridgehead atoms. The molecule has 0 aliphatic rings. The topological polar surface area (TPSA) is 32.3 Å². The summed E-state index contributed by atoms with van der Waals surface area (Å²) in [6, 6.07) is 8.58. The summed E-state index contributed by atoms with van der Waals surface area (Å²) < 4.78 is 26.0. The minimum atomic E-state index is -0.576. The highest BCUT2D eigenvalue weighted by Gasteiger charge is 2.05. The van der Waals surface area contributed by atoms with E-state index >= 15 is 0 Å². The maximum absolute atomic E-state index is 13.0. The third kappa shape index (κ3) is 3.92. The van der Waals surface area contributed by atoms with Crippen molar-refractivity contribution in [3.8, 4) is 5.75 Å². The maximum atomic E-state index is 13.0. The van der Waals surface area contributed by atoms with Crippen LogP contribution in [0.2, 0.25) is 5.02 Å². The van der Waals surface area contributed by atoms with E-state index in [2.05, 4.69) is 5.32 Å². The predicted molar refractivity (Wildman–Crippen MR) is 74.9 cm³/mol. The molecule has 20 heavy (non-hydrogen) atoms. The maximum Gasteiger partial charge on any atom is 0.138 e. The van der Waals surface area contributed by atoms with Crippen molar-refractivity contribution in [3.63, 3.8) is 0 Å². The van der Waals surface area contributed by atoms with E-state index in [1.807, 2.05) is 0 Å². The molecule has 0 atom stereocenters. The van der Waals surface area contributed by atoms with Gasteiger partial charge in [-0.05, 0) is 36.7 Å². The van der Waals surface area contributed by atoms with Crippen LogP contribution < -0.4 is 5.32 Å². The van der Waals surface area contributed by atoms with Crippen molar-refractivity contribution in [3.05, 3.63) is 64.2 Å². The SMILES string of the molecule is Oc1c(Cl)cccc1CNCCc1cc(F)cc(F)c1. The average molecular weight is 298 g/mol. The van der Waals surface area contributed by atoms with Crippen molar-refractivity contribution in [2.24, 2.45) is 0 Å². The van der Waals surface area contributed by atoms with E-state index in [1.165, 1.54) is 12.1 Å². The standard InChI is InChI=1S/C15H14ClF2NO/c16-14-3-1-2-11(15(14)20)9-19-5-4-10-6-12(17)8-13(18)7-10/h1-3,6-8,19-20H,4-5,9H2. The molecule has 0 radical (unpaired) electrons. The lowest BCUT2D eigenvalue weighted by Gasteiger charge is -2.08. The number of para-hydroxylation sites is 1. The van der Waals surface area contributed by atoms with Gasteiger partial charge in [-0.2, -0.15) is 0 Å². The number of halogens is 3. The molecule has 0 spiro atoms. The number of benzene rings is 2. The number of hydrogen-bond acceptors (Lipinski definition) is 2. The fourth-order valence-corrected chi connectivity index (χ4v) is 2.11. The van der Waals surface area contributed by atoms with Gasteiger partial charge < -0.3 is 10.4 Å². The molecule has 2 aromatic carbocycles. The third-order valence-electron chi connectivity index (χ3n) is 2.90. The first-order valence-corrected chi connectivity index (χ1v) is 6.56. The van der Waals surface area contributed by atoms with Crippen molar-refractivity contribution in [2.45, 2.75) is 13.0 Å². The first kappa shape index (κ1) is 14.8. The summed E-state index contributed by atoms with van der Waals surface area (Å²) in [5.41, 5.74) is 1.27. The Morgan fingerprint density at radius 3 is 2.50 bits per heavy atom. The molecule has 106 valence electrons. The number of rotatable bonds is 5. The molecular formula is C15H14ClF2NO. The van der Waals surface area contributed by atoms with Gasteiger partial charge in [-0.15, -0.1) is 0 Å². The molecule has 2 rings (SSSR count). The number of aromatic hydroxyl groups is 1. The largest absolute Gasteiger partial charge is 0.506 e. The van der Waals surface area contributed by atoms with Crippen molar-refractivity contribution in [2.75, 3.05) is 6.54 Å². The smallest absolute Gasteiger partial charge is 0.138 e. The van der Waals surface area contributed by atoms with Gasteiger partial charge in [-0.25, -0.2) is 8.78 Å². The Bertz CT molecular complexity index is 584. The average Bonchev–Trinajstić information content (AvgIpc) is 2.38. The van der Waals surface area contributed by atoms with Gasteiger partial charge in [0, 0.05) is 18.2 Å². The minimum absolute atomic E-state index is 0.0541. The van der Waals surface area contributed by atoms with E-state index < -0.39 is 11.6 Å². The van der Waals surface area contributed by atoms with Crippen LogP contribution in [-0.2, 0) is 13.0 Å². The van der Waals surface area contributed by atoms with Crippen LogP contribution >= 0.6 is 11.6 Å². The number of nitrogens with one attached hydrogen (secondary N) is 1. The highest BCUT2D eigenvalue weighted by Crippen LogP contribution is 2.26. The summed E-state index contributed by atoms with van der Waals surface area (Å²) in [6.45, 7) is 0.971. The number of phenols is 1. The summed E-state index contributed by atoms with van der Waals surface area (Å²) in [6.07, 6.45) is 0.496. The molecule has 5 heteroatoms. The van der Waals surface area contributed by atoms with Crippen molar-refractivity contribution < 1.29 is 13.9 Å². The van der Waals surface area contributed by atoms with E-state index in [0.29, 0.717) is 35.7 Å². The van der Waals surface area contributed by atoms with Crippen molar-refractivity contribution in [1.82, 2.24) is 5.32 Å². The molecule has 2 N–H and O–H groups in total.